The zero-order chi connectivity index (χ0) is 23.2. The van der Waals surface area contributed by atoms with Gasteiger partial charge in [0, 0.05) is 5.54 Å². The molecule has 9 nitrogen and oxygen atoms in total. The molecule has 0 aliphatic rings. The molecule has 0 heterocycles. The van der Waals surface area contributed by atoms with E-state index in [0.29, 0.717) is 11.3 Å². The number of carbonyl (C=O) groups excluding carboxylic acids is 2. The summed E-state index contributed by atoms with van der Waals surface area (Å²) in [5.41, 5.74) is 5.00. The Morgan fingerprint density at radius 1 is 1.10 bits per heavy atom. The summed E-state index contributed by atoms with van der Waals surface area (Å²) in [6.07, 6.45) is 0. The maximum absolute atomic E-state index is 12.7. The Hall–Kier alpha value is -3.11. The Balaban J connectivity index is 2.17. The predicted molar refractivity (Wildman–Crippen MR) is 113 cm³/mol. The molecule has 0 aromatic heterocycles. The van der Waals surface area contributed by atoms with Crippen LogP contribution in [0, 0.1) is 0 Å². The SMILES string of the molecule is COc1ccc(C(=O)OCc2cccc(OCC(N)=O)c2)cc1S(=O)(=O)NC(C)(C)C. The van der Waals surface area contributed by atoms with Gasteiger partial charge in [-0.15, -0.1) is 0 Å². The van der Waals surface area contributed by atoms with Crippen LogP contribution in [0.2, 0.25) is 0 Å². The topological polar surface area (TPSA) is 134 Å². The van der Waals surface area contributed by atoms with Gasteiger partial charge in [-0.25, -0.2) is 17.9 Å². The van der Waals surface area contributed by atoms with Crippen LogP contribution in [0.5, 0.6) is 11.5 Å². The summed E-state index contributed by atoms with van der Waals surface area (Å²) in [4.78, 5) is 23.2. The van der Waals surface area contributed by atoms with Crippen molar-refractivity contribution in [3.05, 3.63) is 53.6 Å². The van der Waals surface area contributed by atoms with Crippen molar-refractivity contribution in [3.63, 3.8) is 0 Å². The van der Waals surface area contributed by atoms with Crippen molar-refractivity contribution in [1.82, 2.24) is 4.72 Å². The lowest BCUT2D eigenvalue weighted by atomic mass is 10.1. The van der Waals surface area contributed by atoms with Gasteiger partial charge < -0.3 is 19.9 Å². The number of methoxy groups -OCH3 is 1. The number of sulfonamides is 1. The van der Waals surface area contributed by atoms with Crippen LogP contribution in [0.1, 0.15) is 36.7 Å². The fourth-order valence-electron chi connectivity index (χ4n) is 2.58. The Morgan fingerprint density at radius 3 is 2.42 bits per heavy atom. The minimum atomic E-state index is -3.94. The van der Waals surface area contributed by atoms with Crippen molar-refractivity contribution in [2.45, 2.75) is 37.8 Å². The molecule has 0 atom stereocenters. The van der Waals surface area contributed by atoms with Crippen LogP contribution in [0.15, 0.2) is 47.4 Å². The maximum Gasteiger partial charge on any atom is 0.338 e. The van der Waals surface area contributed by atoms with Crippen LogP contribution in [0.25, 0.3) is 0 Å². The summed E-state index contributed by atoms with van der Waals surface area (Å²) in [5, 5.41) is 0. The number of benzene rings is 2. The first-order valence-electron chi connectivity index (χ1n) is 9.30. The highest BCUT2D eigenvalue weighted by atomic mass is 32.2. The zero-order valence-corrected chi connectivity index (χ0v) is 18.6. The van der Waals surface area contributed by atoms with Gasteiger partial charge in [-0.2, -0.15) is 0 Å². The van der Waals surface area contributed by atoms with Gasteiger partial charge in [0.2, 0.25) is 10.0 Å². The van der Waals surface area contributed by atoms with Gasteiger partial charge in [0.1, 0.15) is 23.0 Å². The summed E-state index contributed by atoms with van der Waals surface area (Å²) < 4.78 is 43.7. The number of esters is 1. The molecule has 0 unspecified atom stereocenters. The molecule has 2 aromatic rings. The second-order valence-corrected chi connectivity index (χ2v) is 9.35. The molecule has 1 amide bonds. The number of amides is 1. The van der Waals surface area contributed by atoms with Crippen LogP contribution in [0.3, 0.4) is 0 Å². The number of hydrogen-bond donors (Lipinski definition) is 2. The van der Waals surface area contributed by atoms with E-state index in [0.717, 1.165) is 0 Å². The molecule has 2 aromatic carbocycles. The van der Waals surface area contributed by atoms with E-state index < -0.39 is 27.4 Å². The first-order chi connectivity index (χ1) is 14.4. The van der Waals surface area contributed by atoms with E-state index in [9.17, 15) is 18.0 Å². The molecule has 0 aliphatic carbocycles. The van der Waals surface area contributed by atoms with Crippen molar-refractivity contribution >= 4 is 21.9 Å². The van der Waals surface area contributed by atoms with E-state index in [1.54, 1.807) is 45.0 Å². The Labute approximate surface area is 181 Å². The first kappa shape index (κ1) is 24.2. The van der Waals surface area contributed by atoms with Crippen molar-refractivity contribution in [2.24, 2.45) is 5.73 Å². The normalized spacial score (nSPS) is 11.6. The summed E-state index contributed by atoms with van der Waals surface area (Å²) in [6.45, 7) is 4.76. The number of primary amides is 1. The van der Waals surface area contributed by atoms with E-state index in [4.69, 9.17) is 19.9 Å². The highest BCUT2D eigenvalue weighted by Gasteiger charge is 2.26. The summed E-state index contributed by atoms with van der Waals surface area (Å²) in [6, 6.07) is 10.7. The lowest BCUT2D eigenvalue weighted by Gasteiger charge is -2.21. The Bertz CT molecular complexity index is 1060. The van der Waals surface area contributed by atoms with Gasteiger partial charge in [0.05, 0.1) is 12.7 Å². The second kappa shape index (κ2) is 9.80. The Kier molecular flexibility index (Phi) is 7.64. The molecule has 2 rings (SSSR count). The van der Waals surface area contributed by atoms with Gasteiger partial charge in [-0.3, -0.25) is 4.79 Å². The van der Waals surface area contributed by atoms with Crippen LogP contribution in [-0.4, -0.2) is 39.5 Å². The lowest BCUT2D eigenvalue weighted by Crippen LogP contribution is -2.40. The van der Waals surface area contributed by atoms with Gasteiger partial charge in [-0.1, -0.05) is 12.1 Å². The highest BCUT2D eigenvalue weighted by molar-refractivity contribution is 7.89. The van der Waals surface area contributed by atoms with Gasteiger partial charge in [0.25, 0.3) is 5.91 Å². The molecule has 3 N–H and O–H groups in total. The van der Waals surface area contributed by atoms with Gasteiger partial charge in [-0.05, 0) is 56.7 Å². The Morgan fingerprint density at radius 2 is 1.81 bits per heavy atom. The maximum atomic E-state index is 12.7. The van der Waals surface area contributed by atoms with Crippen molar-refractivity contribution in [3.8, 4) is 11.5 Å². The van der Waals surface area contributed by atoms with E-state index in [2.05, 4.69) is 4.72 Å². The zero-order valence-electron chi connectivity index (χ0n) is 17.8. The third kappa shape index (κ3) is 7.26. The van der Waals surface area contributed by atoms with Crippen LogP contribution < -0.4 is 19.9 Å². The van der Waals surface area contributed by atoms with Gasteiger partial charge >= 0.3 is 5.97 Å². The lowest BCUT2D eigenvalue weighted by molar-refractivity contribution is -0.119. The average molecular weight is 451 g/mol. The number of rotatable bonds is 9. The third-order valence-corrected chi connectivity index (χ3v) is 5.56. The molecule has 0 fully saturated rings. The third-order valence-electron chi connectivity index (χ3n) is 3.78. The van der Waals surface area contributed by atoms with E-state index >= 15 is 0 Å². The monoisotopic (exact) mass is 450 g/mol. The minimum Gasteiger partial charge on any atom is -0.495 e. The first-order valence-corrected chi connectivity index (χ1v) is 10.8. The molecule has 0 bridgehead atoms. The van der Waals surface area contributed by atoms with Gasteiger partial charge in [0.15, 0.2) is 6.61 Å². The molecule has 0 spiro atoms. The molecule has 0 saturated carbocycles. The van der Waals surface area contributed by atoms with E-state index in [1.165, 1.54) is 25.3 Å². The number of carbonyl (C=O) groups is 2. The minimum absolute atomic E-state index is 0.0521. The molecule has 0 aliphatic heterocycles. The van der Waals surface area contributed by atoms with Crippen LogP contribution in [-0.2, 0) is 26.2 Å². The standard InChI is InChI=1S/C21H26N2O7S/c1-21(2,3)23-31(26,27)18-11-15(8-9-17(18)28-4)20(25)30-12-14-6-5-7-16(10-14)29-13-19(22)24/h5-11,23H,12-13H2,1-4H3,(H2,22,24). The summed E-state index contributed by atoms with van der Waals surface area (Å²) >= 11 is 0. The number of nitrogens with two attached hydrogens (primary N) is 1. The quantitative estimate of drug-likeness (QED) is 0.558. The van der Waals surface area contributed by atoms with Crippen molar-refractivity contribution in [1.29, 1.82) is 0 Å². The van der Waals surface area contributed by atoms with E-state index in [-0.39, 0.29) is 29.4 Å². The number of nitrogens with one attached hydrogen (secondary N) is 1. The summed E-state index contributed by atoms with van der Waals surface area (Å²) in [5.74, 6) is -0.813. The number of hydrogen-bond acceptors (Lipinski definition) is 7. The molecule has 168 valence electrons. The average Bonchev–Trinajstić information content (AvgIpc) is 2.68. The molecule has 0 saturated heterocycles. The largest absolute Gasteiger partial charge is 0.495 e. The van der Waals surface area contributed by atoms with E-state index in [1.807, 2.05) is 0 Å². The highest BCUT2D eigenvalue weighted by Crippen LogP contribution is 2.26. The number of ether oxygens (including phenoxy) is 3. The second-order valence-electron chi connectivity index (χ2n) is 7.70. The molecule has 31 heavy (non-hydrogen) atoms. The van der Waals surface area contributed by atoms with Crippen molar-refractivity contribution < 1.29 is 32.2 Å². The molecular weight excluding hydrogens is 424 g/mol. The smallest absolute Gasteiger partial charge is 0.338 e. The summed E-state index contributed by atoms with van der Waals surface area (Å²) in [7, 11) is -2.60. The van der Waals surface area contributed by atoms with Crippen LogP contribution in [0.4, 0.5) is 0 Å². The predicted octanol–water partition coefficient (Wildman–Crippen LogP) is 1.99. The van der Waals surface area contributed by atoms with Crippen LogP contribution >= 0.6 is 0 Å². The molecule has 10 heteroatoms. The molecule has 0 radical (unpaired) electrons. The fraction of sp³-hybridized carbons (Fsp3) is 0.333. The van der Waals surface area contributed by atoms with Crippen molar-refractivity contribution in [2.75, 3.05) is 13.7 Å². The fourth-order valence-corrected chi connectivity index (χ4v) is 4.20. The molecular formula is C21H26N2O7S.